The Morgan fingerprint density at radius 2 is 1.74 bits per heavy atom. The first-order valence-electron chi connectivity index (χ1n) is 11.7. The molecule has 2 heterocycles. The van der Waals surface area contributed by atoms with Gasteiger partial charge in [0.1, 0.15) is 6.26 Å². The van der Waals surface area contributed by atoms with Crippen LogP contribution in [0.1, 0.15) is 55.2 Å². The van der Waals surface area contributed by atoms with E-state index in [0.29, 0.717) is 12.8 Å². The molecule has 13 heteroatoms. The van der Waals surface area contributed by atoms with Crippen molar-refractivity contribution in [2.75, 3.05) is 37.2 Å². The number of rotatable bonds is 10. The Bertz CT molecular complexity index is 1240. The Kier molecular flexibility index (Phi) is 8.91. The van der Waals surface area contributed by atoms with Gasteiger partial charge in [-0.2, -0.15) is 17.7 Å². The van der Waals surface area contributed by atoms with Gasteiger partial charge in [0.25, 0.3) is 11.9 Å². The minimum absolute atomic E-state index is 0.0154. The third-order valence-corrected chi connectivity index (χ3v) is 9.34. The molecule has 1 aliphatic rings. The van der Waals surface area contributed by atoms with Gasteiger partial charge in [-0.15, -0.1) is 0 Å². The molecule has 3 rings (SSSR count). The van der Waals surface area contributed by atoms with Gasteiger partial charge in [0.15, 0.2) is 5.69 Å². The van der Waals surface area contributed by atoms with Gasteiger partial charge in [-0.3, -0.25) is 4.79 Å². The number of aryl methyl sites for hydroxylation is 2. The zero-order valence-corrected chi connectivity index (χ0v) is 21.9. The Morgan fingerprint density at radius 1 is 1.03 bits per heavy atom. The summed E-state index contributed by atoms with van der Waals surface area (Å²) in [5.74, 6) is -0.916. The van der Waals surface area contributed by atoms with Crippen molar-refractivity contribution in [3.63, 3.8) is 0 Å². The molecule has 0 unspecified atom stereocenters. The number of hydrogen-bond donors (Lipinski definition) is 2. The van der Waals surface area contributed by atoms with E-state index in [1.165, 1.54) is 4.31 Å². The fourth-order valence-electron chi connectivity index (χ4n) is 3.83. The number of hydrogen-bond acceptors (Lipinski definition) is 8. The summed E-state index contributed by atoms with van der Waals surface area (Å²) in [6.07, 6.45) is 3.53. The van der Waals surface area contributed by atoms with Crippen LogP contribution in [0, 0.1) is 0 Å². The second kappa shape index (κ2) is 11.5. The molecule has 35 heavy (non-hydrogen) atoms. The quantitative estimate of drug-likeness (QED) is 0.479. The highest BCUT2D eigenvalue weighted by Crippen LogP contribution is 2.23. The third-order valence-electron chi connectivity index (χ3n) is 5.77. The standard InChI is InChI=1S/C22H33N5O6S2/c1-4-14-34(29,30)26-10-7-11-27(13-12-26)35(31,32)25-21(28)20-16-33-22(24-20)23-19-15-17(5-2)8-9-18(19)6-3/h8-9,15-16H,4-7,10-14H2,1-3H3,(H,23,24)(H,25,28). The van der Waals surface area contributed by atoms with E-state index >= 15 is 0 Å². The summed E-state index contributed by atoms with van der Waals surface area (Å²) < 4.78 is 60.0. The zero-order valence-electron chi connectivity index (χ0n) is 20.3. The Hall–Kier alpha value is -2.48. The minimum Gasteiger partial charge on any atom is -0.431 e. The average molecular weight is 528 g/mol. The molecule has 1 saturated heterocycles. The van der Waals surface area contributed by atoms with Gasteiger partial charge in [0.2, 0.25) is 10.0 Å². The van der Waals surface area contributed by atoms with E-state index in [4.69, 9.17) is 4.42 Å². The first kappa shape index (κ1) is 27.1. The number of amides is 1. The van der Waals surface area contributed by atoms with Crippen LogP contribution in [0.5, 0.6) is 0 Å². The van der Waals surface area contributed by atoms with Crippen LogP contribution in [-0.4, -0.2) is 68.3 Å². The lowest BCUT2D eigenvalue weighted by Gasteiger charge is -2.21. The molecule has 0 saturated carbocycles. The molecular formula is C22H33N5O6S2. The van der Waals surface area contributed by atoms with Gasteiger partial charge < -0.3 is 9.73 Å². The van der Waals surface area contributed by atoms with Crippen LogP contribution in [0.4, 0.5) is 11.7 Å². The molecule has 0 spiro atoms. The SMILES string of the molecule is CCCS(=O)(=O)N1CCCN(S(=O)(=O)NC(=O)c2coc(Nc3cc(CC)ccc3CC)n2)CC1. The maximum absolute atomic E-state index is 12.8. The van der Waals surface area contributed by atoms with Crippen molar-refractivity contribution in [1.82, 2.24) is 18.3 Å². The van der Waals surface area contributed by atoms with Crippen molar-refractivity contribution in [3.8, 4) is 0 Å². The first-order valence-corrected chi connectivity index (χ1v) is 14.8. The van der Waals surface area contributed by atoms with Crippen LogP contribution >= 0.6 is 0 Å². The second-order valence-corrected chi connectivity index (χ2v) is 12.0. The number of anilines is 2. The molecule has 1 aromatic carbocycles. The highest BCUT2D eigenvalue weighted by molar-refractivity contribution is 7.89. The molecule has 0 radical (unpaired) electrons. The summed E-state index contributed by atoms with van der Waals surface area (Å²) in [5, 5.41) is 3.06. The number of carbonyl (C=O) groups excluding carboxylic acids is 1. The van der Waals surface area contributed by atoms with Gasteiger partial charge in [-0.05, 0) is 42.9 Å². The fraction of sp³-hybridized carbons (Fsp3) is 0.545. The van der Waals surface area contributed by atoms with Crippen molar-refractivity contribution in [2.24, 2.45) is 0 Å². The van der Waals surface area contributed by atoms with E-state index in [-0.39, 0.29) is 43.6 Å². The average Bonchev–Trinajstić information content (AvgIpc) is 3.11. The van der Waals surface area contributed by atoms with Crippen molar-refractivity contribution in [1.29, 1.82) is 0 Å². The highest BCUT2D eigenvalue weighted by Gasteiger charge is 2.31. The van der Waals surface area contributed by atoms with Crippen LogP contribution in [-0.2, 0) is 33.1 Å². The molecular weight excluding hydrogens is 494 g/mol. The van der Waals surface area contributed by atoms with E-state index in [1.54, 1.807) is 6.92 Å². The van der Waals surface area contributed by atoms with Crippen LogP contribution in [0.25, 0.3) is 0 Å². The lowest BCUT2D eigenvalue weighted by molar-refractivity contribution is 0.0974. The molecule has 194 valence electrons. The molecule has 1 aromatic heterocycles. The maximum atomic E-state index is 12.8. The number of nitrogens with one attached hydrogen (secondary N) is 2. The summed E-state index contributed by atoms with van der Waals surface area (Å²) in [6.45, 7) is 6.16. The van der Waals surface area contributed by atoms with Crippen molar-refractivity contribution in [2.45, 2.75) is 46.5 Å². The van der Waals surface area contributed by atoms with E-state index < -0.39 is 26.1 Å². The number of aromatic nitrogens is 1. The van der Waals surface area contributed by atoms with Crippen LogP contribution in [0.15, 0.2) is 28.9 Å². The zero-order chi connectivity index (χ0) is 25.6. The van der Waals surface area contributed by atoms with E-state index in [2.05, 4.69) is 10.3 Å². The minimum atomic E-state index is -4.19. The summed E-state index contributed by atoms with van der Waals surface area (Å²) in [6, 6.07) is 6.11. The number of benzene rings is 1. The van der Waals surface area contributed by atoms with Crippen molar-refractivity contribution >= 4 is 37.8 Å². The predicted molar refractivity (Wildman–Crippen MR) is 133 cm³/mol. The molecule has 1 amide bonds. The Labute approximate surface area is 207 Å². The van der Waals surface area contributed by atoms with Crippen molar-refractivity contribution < 1.29 is 26.0 Å². The van der Waals surface area contributed by atoms with E-state index in [9.17, 15) is 21.6 Å². The number of sulfonamides is 1. The van der Waals surface area contributed by atoms with Crippen molar-refractivity contribution in [3.05, 3.63) is 41.3 Å². The second-order valence-electron chi connectivity index (χ2n) is 8.27. The topological polar surface area (TPSA) is 142 Å². The van der Waals surface area contributed by atoms with Gasteiger partial charge in [-0.1, -0.05) is 32.9 Å². The molecule has 11 nitrogen and oxygen atoms in total. The first-order chi connectivity index (χ1) is 16.6. The molecule has 0 atom stereocenters. The molecule has 1 fully saturated rings. The van der Waals surface area contributed by atoms with Gasteiger partial charge >= 0.3 is 10.2 Å². The predicted octanol–water partition coefficient (Wildman–Crippen LogP) is 2.27. The molecule has 2 aromatic rings. The third kappa shape index (κ3) is 6.81. The van der Waals surface area contributed by atoms with Gasteiger partial charge in [0, 0.05) is 31.9 Å². The monoisotopic (exact) mass is 527 g/mol. The Morgan fingerprint density at radius 3 is 2.43 bits per heavy atom. The lowest BCUT2D eigenvalue weighted by Crippen LogP contribution is -2.45. The normalized spacial score (nSPS) is 16.1. The molecule has 2 N–H and O–H groups in total. The highest BCUT2D eigenvalue weighted by atomic mass is 32.2. The van der Waals surface area contributed by atoms with Crippen LogP contribution in [0.3, 0.4) is 0 Å². The summed E-state index contributed by atoms with van der Waals surface area (Å²) in [4.78, 5) is 16.7. The van der Waals surface area contributed by atoms with E-state index in [0.717, 1.165) is 40.2 Å². The summed E-state index contributed by atoms with van der Waals surface area (Å²) >= 11 is 0. The van der Waals surface area contributed by atoms with Gasteiger partial charge in [0.05, 0.1) is 5.75 Å². The number of carbonyl (C=O) groups is 1. The fourth-order valence-corrected chi connectivity index (χ4v) is 6.53. The Balaban J connectivity index is 1.66. The van der Waals surface area contributed by atoms with Gasteiger partial charge in [-0.25, -0.2) is 17.4 Å². The van der Waals surface area contributed by atoms with E-state index in [1.807, 2.05) is 36.8 Å². The number of oxazole rings is 1. The smallest absolute Gasteiger partial charge is 0.304 e. The molecule has 1 aliphatic heterocycles. The molecule has 0 bridgehead atoms. The number of nitrogens with zero attached hydrogens (tertiary/aromatic N) is 3. The maximum Gasteiger partial charge on any atom is 0.304 e. The van der Waals surface area contributed by atoms with Crippen LogP contribution in [0.2, 0.25) is 0 Å². The van der Waals surface area contributed by atoms with Crippen LogP contribution < -0.4 is 10.0 Å². The lowest BCUT2D eigenvalue weighted by atomic mass is 10.1. The largest absolute Gasteiger partial charge is 0.431 e. The summed E-state index contributed by atoms with van der Waals surface area (Å²) in [7, 11) is -7.62. The molecule has 0 aliphatic carbocycles. The summed E-state index contributed by atoms with van der Waals surface area (Å²) in [5.41, 5.74) is 2.78.